The molecule has 0 saturated carbocycles. The molecule has 4 heterocycles. The summed E-state index contributed by atoms with van der Waals surface area (Å²) in [5.41, 5.74) is 11.4. The Kier molecular flexibility index (Phi) is 7.19. The van der Waals surface area contributed by atoms with Crippen molar-refractivity contribution in [3.8, 4) is 34.2 Å². The van der Waals surface area contributed by atoms with Gasteiger partial charge in [-0.3, -0.25) is 0 Å². The van der Waals surface area contributed by atoms with Crippen LogP contribution in [0.3, 0.4) is 0 Å². The lowest BCUT2D eigenvalue weighted by Crippen LogP contribution is -2.08. The van der Waals surface area contributed by atoms with Crippen molar-refractivity contribution in [1.82, 2.24) is 24.1 Å². The van der Waals surface area contributed by atoms with E-state index in [1.54, 1.807) is 0 Å². The van der Waals surface area contributed by atoms with Crippen LogP contribution >= 0.6 is 0 Å². The Morgan fingerprint density at radius 2 is 0.914 bits per heavy atom. The lowest BCUT2D eigenvalue weighted by Gasteiger charge is -2.17. The van der Waals surface area contributed by atoms with Crippen molar-refractivity contribution in [3.63, 3.8) is 0 Å². The van der Waals surface area contributed by atoms with Gasteiger partial charge in [-0.05, 0) is 60.2 Å². The minimum absolute atomic E-state index is 0.472. The second-order valence-electron chi connectivity index (χ2n) is 14.8. The molecule has 0 amide bonds. The molecule has 0 N–H and O–H groups in total. The van der Waals surface area contributed by atoms with Crippen LogP contribution < -0.4 is 0 Å². The van der Waals surface area contributed by atoms with Crippen LogP contribution in [0, 0.1) is 0 Å². The van der Waals surface area contributed by atoms with E-state index in [-0.39, 0.29) is 0 Å². The second-order valence-corrected chi connectivity index (χ2v) is 14.8. The van der Waals surface area contributed by atoms with Crippen LogP contribution in [0.5, 0.6) is 0 Å². The molecule has 0 spiro atoms. The third-order valence-electron chi connectivity index (χ3n) is 11.4. The quantitative estimate of drug-likeness (QED) is 0.170. The Morgan fingerprint density at radius 3 is 1.55 bits per heavy atom. The minimum Gasteiger partial charge on any atom is -0.456 e. The number of furan rings is 1. The van der Waals surface area contributed by atoms with Crippen LogP contribution in [0.15, 0.2) is 192 Å². The van der Waals surface area contributed by atoms with Crippen molar-refractivity contribution in [2.45, 2.75) is 6.42 Å². The van der Waals surface area contributed by atoms with Gasteiger partial charge in [0.05, 0.1) is 22.1 Å². The molecular weight excluding hydrogens is 711 g/mol. The lowest BCUT2D eigenvalue weighted by atomic mass is 10.1. The highest BCUT2D eigenvalue weighted by Gasteiger charge is 2.21. The van der Waals surface area contributed by atoms with Crippen molar-refractivity contribution < 1.29 is 4.42 Å². The number of hydrogen-bond donors (Lipinski definition) is 0. The zero-order chi connectivity index (χ0) is 38.2. The third kappa shape index (κ3) is 5.09. The van der Waals surface area contributed by atoms with Gasteiger partial charge in [0, 0.05) is 61.2 Å². The summed E-state index contributed by atoms with van der Waals surface area (Å²) in [6, 6.07) is 66.0. The molecule has 0 saturated heterocycles. The molecule has 0 atom stereocenters. The molecular formula is C52H33N5O. The molecule has 0 bridgehead atoms. The molecule has 12 aromatic rings. The number of hydrogen-bond acceptors (Lipinski definition) is 4. The Balaban J connectivity index is 1.13. The number of rotatable bonds is 6. The number of aromatic nitrogens is 5. The van der Waals surface area contributed by atoms with Gasteiger partial charge in [-0.1, -0.05) is 133 Å². The molecule has 58 heavy (non-hydrogen) atoms. The average Bonchev–Trinajstić information content (AvgIpc) is 3.93. The van der Waals surface area contributed by atoms with E-state index in [1.807, 2.05) is 48.5 Å². The van der Waals surface area contributed by atoms with E-state index in [0.29, 0.717) is 23.9 Å². The zero-order valence-corrected chi connectivity index (χ0v) is 31.2. The van der Waals surface area contributed by atoms with Gasteiger partial charge in [-0.2, -0.15) is 0 Å². The molecule has 0 aliphatic carbocycles. The normalized spacial score (nSPS) is 11.9. The smallest absolute Gasteiger partial charge is 0.163 e. The number of para-hydroxylation sites is 4. The highest BCUT2D eigenvalue weighted by atomic mass is 16.3. The van der Waals surface area contributed by atoms with E-state index < -0.39 is 0 Å². The van der Waals surface area contributed by atoms with E-state index in [0.717, 1.165) is 77.5 Å². The van der Waals surface area contributed by atoms with Crippen LogP contribution in [0.4, 0.5) is 0 Å². The maximum atomic E-state index is 6.39. The van der Waals surface area contributed by atoms with Crippen molar-refractivity contribution in [2.75, 3.05) is 0 Å². The van der Waals surface area contributed by atoms with Gasteiger partial charge in [0.25, 0.3) is 0 Å². The topological polar surface area (TPSA) is 61.7 Å². The standard InChI is InChI=1S/C52H33N5O/c1-3-15-33(16-4-1)51-53-50(54-52(55-51)34-17-5-2-6-18-34)30-35-29-36(27-28-43(35)57-45-24-12-7-19-37(45)38-20-8-13-25-46(38)57)56-44-23-11-9-21-39(44)41-32-49-42(31-47(41)56)40-22-10-14-26-48(40)58-49/h1-29,31-32H,30H2. The lowest BCUT2D eigenvalue weighted by molar-refractivity contribution is 0.669. The molecule has 0 fully saturated rings. The number of benzene rings is 8. The van der Waals surface area contributed by atoms with Crippen LogP contribution in [0.2, 0.25) is 0 Å². The first kappa shape index (κ1) is 32.4. The van der Waals surface area contributed by atoms with Gasteiger partial charge in [0.2, 0.25) is 0 Å². The Labute approximate surface area is 332 Å². The van der Waals surface area contributed by atoms with Gasteiger partial charge in [-0.15, -0.1) is 0 Å². The molecule has 8 aromatic carbocycles. The summed E-state index contributed by atoms with van der Waals surface area (Å²) in [6.45, 7) is 0. The van der Waals surface area contributed by atoms with E-state index in [2.05, 4.69) is 149 Å². The minimum atomic E-state index is 0.472. The summed E-state index contributed by atoms with van der Waals surface area (Å²) in [5.74, 6) is 2.00. The summed E-state index contributed by atoms with van der Waals surface area (Å²) in [7, 11) is 0. The summed E-state index contributed by atoms with van der Waals surface area (Å²) in [5, 5.41) is 6.95. The SMILES string of the molecule is c1ccc(-c2nc(Cc3cc(-n4c5ccccc5c5cc6oc7ccccc7c6cc54)ccc3-n3c4ccccc4c4ccccc43)nc(-c3ccccc3)n2)cc1. The van der Waals surface area contributed by atoms with Crippen molar-refractivity contribution in [3.05, 3.63) is 199 Å². The summed E-state index contributed by atoms with van der Waals surface area (Å²) in [4.78, 5) is 15.3. The van der Waals surface area contributed by atoms with Crippen molar-refractivity contribution in [1.29, 1.82) is 0 Å². The van der Waals surface area contributed by atoms with Crippen molar-refractivity contribution in [2.24, 2.45) is 0 Å². The molecule has 6 nitrogen and oxygen atoms in total. The molecule has 272 valence electrons. The summed E-state index contributed by atoms with van der Waals surface area (Å²) < 4.78 is 11.2. The van der Waals surface area contributed by atoms with Gasteiger partial charge in [0.15, 0.2) is 11.6 Å². The van der Waals surface area contributed by atoms with E-state index in [4.69, 9.17) is 19.4 Å². The van der Waals surface area contributed by atoms with E-state index >= 15 is 0 Å². The maximum absolute atomic E-state index is 6.39. The monoisotopic (exact) mass is 743 g/mol. The molecule has 0 aliphatic heterocycles. The van der Waals surface area contributed by atoms with Gasteiger partial charge in [0.1, 0.15) is 17.0 Å². The molecule has 12 rings (SSSR count). The zero-order valence-electron chi connectivity index (χ0n) is 31.2. The molecule has 0 unspecified atom stereocenters. The first-order chi connectivity index (χ1) is 28.7. The van der Waals surface area contributed by atoms with Gasteiger partial charge >= 0.3 is 0 Å². The van der Waals surface area contributed by atoms with E-state index in [1.165, 1.54) is 16.2 Å². The number of nitrogens with zero attached hydrogens (tertiary/aromatic N) is 5. The highest BCUT2D eigenvalue weighted by molar-refractivity contribution is 6.17. The highest BCUT2D eigenvalue weighted by Crippen LogP contribution is 2.40. The molecule has 6 heteroatoms. The molecule has 0 aliphatic rings. The summed E-state index contributed by atoms with van der Waals surface area (Å²) >= 11 is 0. The van der Waals surface area contributed by atoms with Crippen molar-refractivity contribution >= 4 is 65.6 Å². The largest absolute Gasteiger partial charge is 0.456 e. The van der Waals surface area contributed by atoms with Gasteiger partial charge < -0.3 is 13.6 Å². The fourth-order valence-corrected chi connectivity index (χ4v) is 8.82. The average molecular weight is 744 g/mol. The Bertz CT molecular complexity index is 3430. The maximum Gasteiger partial charge on any atom is 0.163 e. The Morgan fingerprint density at radius 1 is 0.379 bits per heavy atom. The van der Waals surface area contributed by atoms with Crippen LogP contribution in [-0.2, 0) is 6.42 Å². The number of fused-ring (bicyclic) bond motifs is 9. The van der Waals surface area contributed by atoms with E-state index in [9.17, 15) is 0 Å². The fourth-order valence-electron chi connectivity index (χ4n) is 8.82. The first-order valence-corrected chi connectivity index (χ1v) is 19.6. The van der Waals surface area contributed by atoms with Crippen LogP contribution in [-0.4, -0.2) is 24.1 Å². The predicted molar refractivity (Wildman–Crippen MR) is 236 cm³/mol. The second kappa shape index (κ2) is 12.9. The predicted octanol–water partition coefficient (Wildman–Crippen LogP) is 12.9. The summed E-state index contributed by atoms with van der Waals surface area (Å²) in [6.07, 6.45) is 0.472. The van der Waals surface area contributed by atoms with Crippen LogP contribution in [0.1, 0.15) is 11.4 Å². The first-order valence-electron chi connectivity index (χ1n) is 19.6. The Hall–Kier alpha value is -7.83. The third-order valence-corrected chi connectivity index (χ3v) is 11.4. The fraction of sp³-hybridized carbons (Fsp3) is 0.0192. The van der Waals surface area contributed by atoms with Crippen LogP contribution in [0.25, 0.3) is 99.7 Å². The van der Waals surface area contributed by atoms with Gasteiger partial charge in [-0.25, -0.2) is 15.0 Å². The molecule has 0 radical (unpaired) electrons. The molecule has 4 aromatic heterocycles.